The molecule has 1 aromatic carbocycles. The maximum Gasteiger partial charge on any atom is 0.119 e. The quantitative estimate of drug-likeness (QED) is 0.828. The van der Waals surface area contributed by atoms with Crippen LogP contribution in [0.25, 0.3) is 0 Å². The standard InChI is InChI=1S/C16H26N2O/c1-4-16(5-2)8-9-18(12-16)11-13-10-14(19-3)6-7-15(13)17/h6-7,10H,4-5,8-9,11-12,17H2,1-3H3. The van der Waals surface area contributed by atoms with Gasteiger partial charge in [-0.1, -0.05) is 13.8 Å². The first-order valence-electron chi connectivity index (χ1n) is 7.27. The Morgan fingerprint density at radius 3 is 2.63 bits per heavy atom. The van der Waals surface area contributed by atoms with Crippen LogP contribution in [0.1, 0.15) is 38.7 Å². The number of rotatable bonds is 5. The summed E-state index contributed by atoms with van der Waals surface area (Å²) in [6.45, 7) is 7.93. The van der Waals surface area contributed by atoms with E-state index in [9.17, 15) is 0 Å². The Kier molecular flexibility index (Phi) is 4.35. The van der Waals surface area contributed by atoms with Crippen LogP contribution in [0, 0.1) is 5.41 Å². The van der Waals surface area contributed by atoms with Crippen LogP contribution < -0.4 is 10.5 Å². The number of nitrogens with zero attached hydrogens (tertiary/aromatic N) is 1. The van der Waals surface area contributed by atoms with Gasteiger partial charge in [-0.15, -0.1) is 0 Å². The van der Waals surface area contributed by atoms with Gasteiger partial charge in [-0.05, 0) is 55.0 Å². The lowest BCUT2D eigenvalue weighted by Crippen LogP contribution is -2.26. The second kappa shape index (κ2) is 5.83. The predicted molar refractivity (Wildman–Crippen MR) is 80.3 cm³/mol. The van der Waals surface area contributed by atoms with Crippen LogP contribution in [0.5, 0.6) is 5.75 Å². The highest BCUT2D eigenvalue weighted by Gasteiger charge is 2.34. The fraction of sp³-hybridized carbons (Fsp3) is 0.625. The molecule has 1 heterocycles. The van der Waals surface area contributed by atoms with Gasteiger partial charge in [0.25, 0.3) is 0 Å². The SMILES string of the molecule is CCC1(CC)CCN(Cc2cc(OC)ccc2N)C1. The van der Waals surface area contributed by atoms with Crippen molar-refractivity contribution >= 4 is 5.69 Å². The molecule has 0 unspecified atom stereocenters. The number of benzene rings is 1. The van der Waals surface area contributed by atoms with Crippen molar-refractivity contribution in [3.8, 4) is 5.75 Å². The molecular weight excluding hydrogens is 236 g/mol. The third kappa shape index (κ3) is 3.03. The summed E-state index contributed by atoms with van der Waals surface area (Å²) < 4.78 is 5.28. The number of likely N-dealkylation sites (tertiary alicyclic amines) is 1. The van der Waals surface area contributed by atoms with Gasteiger partial charge >= 0.3 is 0 Å². The van der Waals surface area contributed by atoms with Crippen molar-refractivity contribution in [1.82, 2.24) is 4.90 Å². The van der Waals surface area contributed by atoms with E-state index in [1.54, 1.807) is 7.11 Å². The number of nitrogens with two attached hydrogens (primary N) is 1. The molecule has 3 nitrogen and oxygen atoms in total. The van der Waals surface area contributed by atoms with Gasteiger partial charge in [0.05, 0.1) is 7.11 Å². The second-order valence-corrected chi connectivity index (χ2v) is 5.73. The molecule has 0 atom stereocenters. The van der Waals surface area contributed by atoms with Gasteiger partial charge in [-0.25, -0.2) is 0 Å². The van der Waals surface area contributed by atoms with Crippen LogP contribution in [0.3, 0.4) is 0 Å². The molecular formula is C16H26N2O. The van der Waals surface area contributed by atoms with Crippen LogP contribution >= 0.6 is 0 Å². The molecule has 0 saturated carbocycles. The second-order valence-electron chi connectivity index (χ2n) is 5.73. The summed E-state index contributed by atoms with van der Waals surface area (Å²) in [5.74, 6) is 0.889. The Labute approximate surface area is 116 Å². The van der Waals surface area contributed by atoms with E-state index in [-0.39, 0.29) is 0 Å². The van der Waals surface area contributed by atoms with Crippen LogP contribution in [0.4, 0.5) is 5.69 Å². The number of nitrogen functional groups attached to an aromatic ring is 1. The molecule has 2 rings (SSSR count). The molecule has 0 spiro atoms. The number of hydrogen-bond acceptors (Lipinski definition) is 3. The topological polar surface area (TPSA) is 38.5 Å². The molecule has 0 radical (unpaired) electrons. The van der Waals surface area contributed by atoms with Crippen molar-refractivity contribution in [2.45, 2.75) is 39.7 Å². The van der Waals surface area contributed by atoms with Crippen LogP contribution in [0.2, 0.25) is 0 Å². The minimum Gasteiger partial charge on any atom is -0.497 e. The molecule has 0 bridgehead atoms. The van der Waals surface area contributed by atoms with Crippen LogP contribution in [0.15, 0.2) is 18.2 Å². The summed E-state index contributed by atoms with van der Waals surface area (Å²) in [5.41, 5.74) is 8.64. The van der Waals surface area contributed by atoms with Crippen molar-refractivity contribution in [3.63, 3.8) is 0 Å². The van der Waals surface area contributed by atoms with Crippen LogP contribution in [-0.2, 0) is 6.54 Å². The first kappa shape index (κ1) is 14.2. The largest absolute Gasteiger partial charge is 0.497 e. The monoisotopic (exact) mass is 262 g/mol. The molecule has 1 saturated heterocycles. The van der Waals surface area contributed by atoms with Crippen molar-refractivity contribution in [2.24, 2.45) is 5.41 Å². The summed E-state index contributed by atoms with van der Waals surface area (Å²) in [4.78, 5) is 2.53. The fourth-order valence-electron chi connectivity index (χ4n) is 3.08. The van der Waals surface area contributed by atoms with E-state index in [0.717, 1.165) is 18.0 Å². The minimum atomic E-state index is 0.521. The number of ether oxygens (including phenoxy) is 1. The van der Waals surface area contributed by atoms with Gasteiger partial charge in [0.1, 0.15) is 5.75 Å². The smallest absolute Gasteiger partial charge is 0.119 e. The Morgan fingerprint density at radius 2 is 2.05 bits per heavy atom. The number of methoxy groups -OCH3 is 1. The van der Waals surface area contributed by atoms with E-state index in [1.807, 2.05) is 12.1 Å². The highest BCUT2D eigenvalue weighted by Crippen LogP contribution is 2.38. The third-order valence-electron chi connectivity index (χ3n) is 4.76. The Balaban J connectivity index is 2.06. The molecule has 0 amide bonds. The van der Waals surface area contributed by atoms with Crippen molar-refractivity contribution in [3.05, 3.63) is 23.8 Å². The van der Waals surface area contributed by atoms with E-state index in [0.29, 0.717) is 5.41 Å². The molecule has 2 N–H and O–H groups in total. The number of anilines is 1. The predicted octanol–water partition coefficient (Wildman–Crippen LogP) is 3.29. The van der Waals surface area contributed by atoms with Gasteiger partial charge in [0.2, 0.25) is 0 Å². The van der Waals surface area contributed by atoms with Gasteiger partial charge < -0.3 is 10.5 Å². The maximum absolute atomic E-state index is 6.07. The van der Waals surface area contributed by atoms with Gasteiger partial charge in [0.15, 0.2) is 0 Å². The minimum absolute atomic E-state index is 0.521. The lowest BCUT2D eigenvalue weighted by molar-refractivity contribution is 0.236. The highest BCUT2D eigenvalue weighted by molar-refractivity contribution is 5.50. The molecule has 1 aliphatic rings. The molecule has 3 heteroatoms. The molecule has 0 aliphatic carbocycles. The van der Waals surface area contributed by atoms with E-state index in [2.05, 4.69) is 24.8 Å². The van der Waals surface area contributed by atoms with E-state index in [1.165, 1.54) is 37.9 Å². The molecule has 19 heavy (non-hydrogen) atoms. The van der Waals surface area contributed by atoms with E-state index >= 15 is 0 Å². The Bertz CT molecular complexity index is 427. The molecule has 1 aromatic rings. The lowest BCUT2D eigenvalue weighted by Gasteiger charge is -2.26. The van der Waals surface area contributed by atoms with E-state index in [4.69, 9.17) is 10.5 Å². The molecule has 1 fully saturated rings. The first-order valence-corrected chi connectivity index (χ1v) is 7.27. The molecule has 0 aromatic heterocycles. The van der Waals surface area contributed by atoms with E-state index < -0.39 is 0 Å². The zero-order valence-corrected chi connectivity index (χ0v) is 12.4. The van der Waals surface area contributed by atoms with Crippen LogP contribution in [-0.4, -0.2) is 25.1 Å². The summed E-state index contributed by atoms with van der Waals surface area (Å²) >= 11 is 0. The Hall–Kier alpha value is -1.22. The molecule has 1 aliphatic heterocycles. The maximum atomic E-state index is 6.07. The lowest BCUT2D eigenvalue weighted by atomic mass is 9.82. The summed E-state index contributed by atoms with van der Waals surface area (Å²) in [7, 11) is 1.70. The van der Waals surface area contributed by atoms with Gasteiger partial charge in [0, 0.05) is 18.8 Å². The average molecular weight is 262 g/mol. The normalized spacial score (nSPS) is 18.7. The number of hydrogen-bond donors (Lipinski definition) is 1. The zero-order valence-electron chi connectivity index (χ0n) is 12.4. The van der Waals surface area contributed by atoms with Crippen molar-refractivity contribution < 1.29 is 4.74 Å². The van der Waals surface area contributed by atoms with Gasteiger partial charge in [-0.3, -0.25) is 4.90 Å². The molecule has 106 valence electrons. The summed E-state index contributed by atoms with van der Waals surface area (Å²) in [5, 5.41) is 0. The first-order chi connectivity index (χ1) is 9.12. The van der Waals surface area contributed by atoms with Crippen molar-refractivity contribution in [1.29, 1.82) is 0 Å². The highest BCUT2D eigenvalue weighted by atomic mass is 16.5. The average Bonchev–Trinajstić information content (AvgIpc) is 2.85. The Morgan fingerprint density at radius 1 is 1.32 bits per heavy atom. The summed E-state index contributed by atoms with van der Waals surface area (Å²) in [6, 6.07) is 5.93. The zero-order chi connectivity index (χ0) is 13.9. The third-order valence-corrected chi connectivity index (χ3v) is 4.76. The fourth-order valence-corrected chi connectivity index (χ4v) is 3.08. The van der Waals surface area contributed by atoms with Crippen molar-refractivity contribution in [2.75, 3.05) is 25.9 Å². The summed E-state index contributed by atoms with van der Waals surface area (Å²) in [6.07, 6.45) is 3.85. The van der Waals surface area contributed by atoms with Gasteiger partial charge in [-0.2, -0.15) is 0 Å².